The monoisotopic (exact) mass is 469 g/mol. The topological polar surface area (TPSA) is 117 Å². The number of para-hydroxylation sites is 1. The number of rotatable bonds is 5. The molecule has 0 aliphatic heterocycles. The summed E-state index contributed by atoms with van der Waals surface area (Å²) < 4.78 is 20.9. The van der Waals surface area contributed by atoms with Gasteiger partial charge in [0, 0.05) is 22.8 Å². The van der Waals surface area contributed by atoms with Gasteiger partial charge in [0.2, 0.25) is 0 Å². The van der Waals surface area contributed by atoms with Gasteiger partial charge in [0.1, 0.15) is 5.56 Å². The first-order valence-corrected chi connectivity index (χ1v) is 10.7. The third-order valence-corrected chi connectivity index (χ3v) is 5.47. The number of nitrogens with one attached hydrogen (secondary N) is 2. The van der Waals surface area contributed by atoms with Crippen molar-refractivity contribution in [1.82, 2.24) is 15.2 Å². The summed E-state index contributed by atoms with van der Waals surface area (Å²) in [5, 5.41) is 7.52. The summed E-state index contributed by atoms with van der Waals surface area (Å²) >= 11 is 0. The number of aromatic amines is 2. The first-order valence-electron chi connectivity index (χ1n) is 10.7. The van der Waals surface area contributed by atoms with Crippen LogP contribution in [0.4, 0.5) is 21.5 Å². The number of ether oxygens (including phenoxy) is 1. The van der Waals surface area contributed by atoms with Gasteiger partial charge < -0.3 is 15.5 Å². The highest BCUT2D eigenvalue weighted by Gasteiger charge is 2.23. The summed E-state index contributed by atoms with van der Waals surface area (Å²) in [7, 11) is 0. The van der Waals surface area contributed by atoms with Gasteiger partial charge in [0.05, 0.1) is 23.1 Å². The fraction of sp³-hybridized carbons (Fsp3) is 0.0385. The number of carbonyl (C=O) groups excluding carboxylic acids is 1. The van der Waals surface area contributed by atoms with E-state index in [1.54, 1.807) is 61.7 Å². The number of halogens is 1. The molecule has 174 valence electrons. The summed E-state index contributed by atoms with van der Waals surface area (Å²) in [6, 6.07) is 19.2. The average Bonchev–Trinajstić information content (AvgIpc) is 3.28. The van der Waals surface area contributed by atoms with Gasteiger partial charge in [-0.1, -0.05) is 18.2 Å². The maximum Gasteiger partial charge on any atom is 0.268 e. The Morgan fingerprint density at radius 1 is 1.00 bits per heavy atom. The number of hydrogen-bond donors (Lipinski definition) is 3. The standard InChI is InChI=1S/C26H20FN5O3/c1-15-7-9-19(25(33)30-15)26(34)32(17-5-3-2-4-6-17)18-8-10-23(20(27)12-18)35-24-11-16-14-29-31-22(16)13-21(24)28/h2-14H,28H2,1H3,(H,29,31)(H,30,33). The number of hydrogen-bond acceptors (Lipinski definition) is 5. The number of H-pyrrole nitrogens is 2. The predicted octanol–water partition coefficient (Wildman–Crippen LogP) is 5.05. The Bertz CT molecular complexity index is 1610. The number of aryl methyl sites for hydroxylation is 1. The Morgan fingerprint density at radius 2 is 1.80 bits per heavy atom. The Labute approximate surface area is 198 Å². The van der Waals surface area contributed by atoms with Crippen LogP contribution in [0.2, 0.25) is 0 Å². The first-order chi connectivity index (χ1) is 16.9. The largest absolute Gasteiger partial charge is 0.452 e. The molecule has 3 aromatic carbocycles. The van der Waals surface area contributed by atoms with Gasteiger partial charge >= 0.3 is 0 Å². The van der Waals surface area contributed by atoms with Crippen molar-refractivity contribution in [3.8, 4) is 11.5 Å². The van der Waals surface area contributed by atoms with Crippen LogP contribution in [0, 0.1) is 12.7 Å². The number of nitrogen functional groups attached to an aromatic ring is 1. The number of anilines is 3. The van der Waals surface area contributed by atoms with Gasteiger partial charge in [-0.25, -0.2) is 4.39 Å². The minimum absolute atomic E-state index is 0.0682. The zero-order valence-corrected chi connectivity index (χ0v) is 18.6. The number of carbonyl (C=O) groups is 1. The SMILES string of the molecule is Cc1ccc(C(=O)N(c2ccccc2)c2ccc(Oc3cc4cn[nH]c4cc3N)c(F)c2)c(=O)[nH]1. The van der Waals surface area contributed by atoms with E-state index in [-0.39, 0.29) is 22.7 Å². The van der Waals surface area contributed by atoms with Crippen molar-refractivity contribution in [1.29, 1.82) is 0 Å². The number of fused-ring (bicyclic) bond motifs is 1. The Morgan fingerprint density at radius 3 is 2.54 bits per heavy atom. The summed E-state index contributed by atoms with van der Waals surface area (Å²) in [5.74, 6) is -1.11. The molecule has 5 rings (SSSR count). The molecule has 0 bridgehead atoms. The molecule has 2 heterocycles. The third kappa shape index (κ3) is 4.22. The minimum atomic E-state index is -0.708. The van der Waals surface area contributed by atoms with Gasteiger partial charge in [-0.3, -0.25) is 19.6 Å². The summed E-state index contributed by atoms with van der Waals surface area (Å²) in [6.07, 6.45) is 1.61. The minimum Gasteiger partial charge on any atom is -0.452 e. The molecule has 0 radical (unpaired) electrons. The second-order valence-corrected chi connectivity index (χ2v) is 7.92. The molecule has 0 aliphatic carbocycles. The quantitative estimate of drug-likeness (QED) is 0.311. The highest BCUT2D eigenvalue weighted by atomic mass is 19.1. The lowest BCUT2D eigenvalue weighted by Gasteiger charge is -2.23. The lowest BCUT2D eigenvalue weighted by Crippen LogP contribution is -2.31. The maximum atomic E-state index is 15.2. The summed E-state index contributed by atoms with van der Waals surface area (Å²) in [5.41, 5.74) is 7.81. The van der Waals surface area contributed by atoms with E-state index in [0.29, 0.717) is 17.1 Å². The molecule has 4 N–H and O–H groups in total. The zero-order chi connectivity index (χ0) is 24.5. The van der Waals surface area contributed by atoms with E-state index in [0.717, 1.165) is 10.9 Å². The normalized spacial score (nSPS) is 10.9. The van der Waals surface area contributed by atoms with Crippen LogP contribution in [-0.2, 0) is 0 Å². The van der Waals surface area contributed by atoms with E-state index >= 15 is 4.39 Å². The molecule has 0 fully saturated rings. The van der Waals surface area contributed by atoms with Crippen molar-refractivity contribution >= 4 is 33.9 Å². The average molecular weight is 469 g/mol. The molecule has 0 saturated heterocycles. The fourth-order valence-electron chi connectivity index (χ4n) is 3.73. The number of nitrogens with zero attached hydrogens (tertiary/aromatic N) is 2. The molecule has 5 aromatic rings. The van der Waals surface area contributed by atoms with Crippen LogP contribution in [0.25, 0.3) is 10.9 Å². The van der Waals surface area contributed by atoms with Crippen LogP contribution < -0.4 is 20.9 Å². The van der Waals surface area contributed by atoms with E-state index in [1.165, 1.54) is 29.2 Å². The van der Waals surface area contributed by atoms with Crippen LogP contribution in [0.15, 0.2) is 83.8 Å². The predicted molar refractivity (Wildman–Crippen MR) is 132 cm³/mol. The molecule has 0 aliphatic rings. The van der Waals surface area contributed by atoms with Crippen molar-refractivity contribution < 1.29 is 13.9 Å². The first kappa shape index (κ1) is 21.9. The van der Waals surface area contributed by atoms with E-state index in [1.807, 2.05) is 0 Å². The van der Waals surface area contributed by atoms with Gasteiger partial charge in [-0.15, -0.1) is 0 Å². The molecular formula is C26H20FN5O3. The highest BCUT2D eigenvalue weighted by Crippen LogP contribution is 2.35. The van der Waals surface area contributed by atoms with Crippen molar-refractivity contribution in [2.45, 2.75) is 6.92 Å². The lowest BCUT2D eigenvalue weighted by atomic mass is 10.1. The number of benzene rings is 3. The van der Waals surface area contributed by atoms with Crippen molar-refractivity contribution in [3.05, 3.63) is 106 Å². The molecule has 8 nitrogen and oxygen atoms in total. The van der Waals surface area contributed by atoms with E-state index < -0.39 is 17.3 Å². The molecule has 0 spiro atoms. The van der Waals surface area contributed by atoms with E-state index in [2.05, 4.69) is 15.2 Å². The second-order valence-electron chi connectivity index (χ2n) is 7.92. The summed E-state index contributed by atoms with van der Waals surface area (Å²) in [6.45, 7) is 1.72. The van der Waals surface area contributed by atoms with Gasteiger partial charge in [-0.05, 0) is 55.5 Å². The molecule has 0 unspecified atom stereocenters. The van der Waals surface area contributed by atoms with Crippen molar-refractivity contribution in [3.63, 3.8) is 0 Å². The summed E-state index contributed by atoms with van der Waals surface area (Å²) in [4.78, 5) is 29.8. The maximum absolute atomic E-state index is 15.2. The highest BCUT2D eigenvalue weighted by molar-refractivity contribution is 6.10. The van der Waals surface area contributed by atoms with Crippen LogP contribution in [0.5, 0.6) is 11.5 Å². The van der Waals surface area contributed by atoms with Gasteiger partial charge in [-0.2, -0.15) is 5.10 Å². The number of pyridine rings is 1. The zero-order valence-electron chi connectivity index (χ0n) is 18.6. The molecular weight excluding hydrogens is 449 g/mol. The van der Waals surface area contributed by atoms with E-state index in [4.69, 9.17) is 10.5 Å². The molecule has 1 amide bonds. The smallest absolute Gasteiger partial charge is 0.268 e. The third-order valence-electron chi connectivity index (χ3n) is 5.47. The number of aromatic nitrogens is 3. The van der Waals surface area contributed by atoms with Crippen LogP contribution >= 0.6 is 0 Å². The van der Waals surface area contributed by atoms with E-state index in [9.17, 15) is 9.59 Å². The molecule has 35 heavy (non-hydrogen) atoms. The van der Waals surface area contributed by atoms with Crippen LogP contribution in [-0.4, -0.2) is 21.1 Å². The Hall–Kier alpha value is -4.92. The second kappa shape index (κ2) is 8.79. The molecule has 0 saturated carbocycles. The number of nitrogens with two attached hydrogens (primary N) is 1. The molecule has 9 heteroatoms. The Kier molecular flexibility index (Phi) is 5.50. The van der Waals surface area contributed by atoms with Gasteiger partial charge in [0.15, 0.2) is 17.3 Å². The van der Waals surface area contributed by atoms with Crippen molar-refractivity contribution in [2.24, 2.45) is 0 Å². The molecule has 0 atom stereocenters. The van der Waals surface area contributed by atoms with Crippen LogP contribution in [0.1, 0.15) is 16.1 Å². The van der Waals surface area contributed by atoms with Gasteiger partial charge in [0.25, 0.3) is 11.5 Å². The molecule has 2 aromatic heterocycles. The number of amides is 1. The van der Waals surface area contributed by atoms with Crippen LogP contribution in [0.3, 0.4) is 0 Å². The Balaban J connectivity index is 1.53. The van der Waals surface area contributed by atoms with Crippen molar-refractivity contribution in [2.75, 3.05) is 10.6 Å². The lowest BCUT2D eigenvalue weighted by molar-refractivity contribution is 0.0997. The fourth-order valence-corrected chi connectivity index (χ4v) is 3.73.